The maximum atomic E-state index is 12.7. The van der Waals surface area contributed by atoms with Crippen molar-refractivity contribution in [2.75, 3.05) is 18.8 Å². The van der Waals surface area contributed by atoms with Gasteiger partial charge in [-0.15, -0.1) is 3.89 Å². The minimum atomic E-state index is -4.53. The Morgan fingerprint density at radius 2 is 2.14 bits per heavy atom. The normalized spacial score (nSPS) is 19.2. The first kappa shape index (κ1) is 15.0. The zero-order valence-corrected chi connectivity index (χ0v) is 12.8. The van der Waals surface area contributed by atoms with E-state index in [4.69, 9.17) is 0 Å². The summed E-state index contributed by atoms with van der Waals surface area (Å²) in [7, 11) is -4.53. The van der Waals surface area contributed by atoms with Crippen LogP contribution in [-0.4, -0.2) is 43.1 Å². The molecule has 1 amide bonds. The number of hydrogen-bond donors (Lipinski definition) is 1. The Labute approximate surface area is 128 Å². The van der Waals surface area contributed by atoms with E-state index in [2.05, 4.69) is 4.98 Å². The molecule has 1 aromatic carbocycles. The molecule has 0 radical (unpaired) electrons. The Hall–Kier alpha value is -1.89. The first-order chi connectivity index (χ1) is 10.4. The van der Waals surface area contributed by atoms with Crippen molar-refractivity contribution in [2.24, 2.45) is 5.92 Å². The molecule has 1 aliphatic heterocycles. The SMILES string of the molecule is O=C1CC(CS(=O)(=O)F)CN1CCc1cccc2[nH]ccc12. The average molecular weight is 324 g/mol. The molecule has 3 rings (SSSR count). The van der Waals surface area contributed by atoms with Gasteiger partial charge < -0.3 is 9.88 Å². The number of fused-ring (bicyclic) bond motifs is 1. The molecule has 22 heavy (non-hydrogen) atoms. The van der Waals surface area contributed by atoms with Gasteiger partial charge in [-0.25, -0.2) is 0 Å². The number of nitrogens with one attached hydrogen (secondary N) is 1. The van der Waals surface area contributed by atoms with Crippen LogP contribution in [0.1, 0.15) is 12.0 Å². The fraction of sp³-hybridized carbons (Fsp3) is 0.400. The summed E-state index contributed by atoms with van der Waals surface area (Å²) in [4.78, 5) is 16.7. The zero-order valence-electron chi connectivity index (χ0n) is 12.0. The molecule has 0 aliphatic carbocycles. The number of likely N-dealkylation sites (tertiary alicyclic amines) is 1. The average Bonchev–Trinajstić information content (AvgIpc) is 3.01. The van der Waals surface area contributed by atoms with Crippen molar-refractivity contribution in [3.8, 4) is 0 Å². The van der Waals surface area contributed by atoms with Gasteiger partial charge in [0.25, 0.3) is 0 Å². The maximum absolute atomic E-state index is 12.7. The van der Waals surface area contributed by atoms with Gasteiger partial charge in [-0.3, -0.25) is 4.79 Å². The second-order valence-electron chi connectivity index (χ2n) is 5.72. The van der Waals surface area contributed by atoms with Gasteiger partial charge in [-0.1, -0.05) is 12.1 Å². The Bertz CT molecular complexity index is 800. The monoisotopic (exact) mass is 324 g/mol. The van der Waals surface area contributed by atoms with E-state index in [-0.39, 0.29) is 12.3 Å². The molecular formula is C15H17FN2O3S. The van der Waals surface area contributed by atoms with Crippen LogP contribution in [0.4, 0.5) is 3.89 Å². The summed E-state index contributed by atoms with van der Waals surface area (Å²) < 4.78 is 34.1. The Morgan fingerprint density at radius 3 is 2.91 bits per heavy atom. The standard InChI is InChI=1S/C15H17FN2O3S/c16-22(20,21)10-11-8-15(19)18(9-11)7-5-12-2-1-3-14-13(12)4-6-17-14/h1-4,6,11,17H,5,7-10H2. The molecule has 1 unspecified atom stereocenters. The minimum Gasteiger partial charge on any atom is -0.361 e. The molecule has 7 heteroatoms. The van der Waals surface area contributed by atoms with Crippen LogP contribution in [0, 0.1) is 5.92 Å². The smallest absolute Gasteiger partial charge is 0.302 e. The number of amides is 1. The van der Waals surface area contributed by atoms with Crippen molar-refractivity contribution in [2.45, 2.75) is 12.8 Å². The lowest BCUT2D eigenvalue weighted by Gasteiger charge is -2.16. The first-order valence-electron chi connectivity index (χ1n) is 7.17. The largest absolute Gasteiger partial charge is 0.361 e. The third-order valence-electron chi connectivity index (χ3n) is 4.07. The molecule has 1 aromatic heterocycles. The highest BCUT2D eigenvalue weighted by Crippen LogP contribution is 2.22. The van der Waals surface area contributed by atoms with Crippen LogP contribution in [0.2, 0.25) is 0 Å². The Kier molecular flexibility index (Phi) is 3.90. The lowest BCUT2D eigenvalue weighted by molar-refractivity contribution is -0.127. The molecule has 1 N–H and O–H groups in total. The van der Waals surface area contributed by atoms with E-state index in [0.29, 0.717) is 19.5 Å². The highest BCUT2D eigenvalue weighted by atomic mass is 32.3. The van der Waals surface area contributed by atoms with E-state index in [1.54, 1.807) is 4.90 Å². The summed E-state index contributed by atoms with van der Waals surface area (Å²) >= 11 is 0. The van der Waals surface area contributed by atoms with Crippen molar-refractivity contribution >= 4 is 27.0 Å². The Morgan fingerprint density at radius 1 is 1.32 bits per heavy atom. The third kappa shape index (κ3) is 3.30. The number of halogens is 1. The number of nitrogens with zero attached hydrogens (tertiary/aromatic N) is 1. The van der Waals surface area contributed by atoms with Crippen LogP contribution >= 0.6 is 0 Å². The molecule has 1 saturated heterocycles. The molecule has 1 atom stereocenters. The highest BCUT2D eigenvalue weighted by molar-refractivity contribution is 7.86. The number of H-pyrrole nitrogens is 1. The summed E-state index contributed by atoms with van der Waals surface area (Å²) in [6, 6.07) is 7.95. The van der Waals surface area contributed by atoms with Crippen LogP contribution in [0.25, 0.3) is 10.9 Å². The molecule has 1 fully saturated rings. The van der Waals surface area contributed by atoms with Gasteiger partial charge >= 0.3 is 10.2 Å². The van der Waals surface area contributed by atoms with E-state index >= 15 is 0 Å². The third-order valence-corrected chi connectivity index (χ3v) is 4.94. The summed E-state index contributed by atoms with van der Waals surface area (Å²) in [5.41, 5.74) is 2.18. The van der Waals surface area contributed by atoms with E-state index in [1.165, 1.54) is 0 Å². The number of hydrogen-bond acceptors (Lipinski definition) is 3. The van der Waals surface area contributed by atoms with E-state index in [9.17, 15) is 17.1 Å². The van der Waals surface area contributed by atoms with Crippen LogP contribution in [0.5, 0.6) is 0 Å². The van der Waals surface area contributed by atoms with Crippen LogP contribution < -0.4 is 0 Å². The van der Waals surface area contributed by atoms with Gasteiger partial charge in [0, 0.05) is 42.5 Å². The van der Waals surface area contributed by atoms with Crippen LogP contribution in [0.15, 0.2) is 30.5 Å². The molecule has 2 heterocycles. The second-order valence-corrected chi connectivity index (χ2v) is 7.13. The molecule has 0 saturated carbocycles. The van der Waals surface area contributed by atoms with Crippen LogP contribution in [-0.2, 0) is 21.4 Å². The molecule has 0 spiro atoms. The predicted octanol–water partition coefficient (Wildman–Crippen LogP) is 1.86. The fourth-order valence-corrected chi connectivity index (χ4v) is 3.87. The van der Waals surface area contributed by atoms with Crippen molar-refractivity contribution in [3.05, 3.63) is 36.0 Å². The number of rotatable bonds is 5. The molecular weight excluding hydrogens is 307 g/mol. The van der Waals surface area contributed by atoms with Crippen molar-refractivity contribution in [1.29, 1.82) is 0 Å². The number of aromatic nitrogens is 1. The fourth-order valence-electron chi connectivity index (χ4n) is 3.09. The predicted molar refractivity (Wildman–Crippen MR) is 81.6 cm³/mol. The first-order valence-corrected chi connectivity index (χ1v) is 8.73. The quantitative estimate of drug-likeness (QED) is 0.854. The number of carbonyl (C=O) groups is 1. The van der Waals surface area contributed by atoms with Gasteiger partial charge in [0.2, 0.25) is 5.91 Å². The molecule has 118 valence electrons. The maximum Gasteiger partial charge on any atom is 0.302 e. The van der Waals surface area contributed by atoms with Gasteiger partial charge in [-0.05, 0) is 24.1 Å². The molecule has 2 aromatic rings. The van der Waals surface area contributed by atoms with Crippen LogP contribution in [0.3, 0.4) is 0 Å². The molecule has 5 nitrogen and oxygen atoms in total. The zero-order chi connectivity index (χ0) is 15.7. The lowest BCUT2D eigenvalue weighted by Crippen LogP contribution is -2.28. The van der Waals surface area contributed by atoms with Gasteiger partial charge in [0.05, 0.1) is 5.75 Å². The topological polar surface area (TPSA) is 70.2 Å². The summed E-state index contributed by atoms with van der Waals surface area (Å²) in [5.74, 6) is -1.11. The van der Waals surface area contributed by atoms with Gasteiger partial charge in [-0.2, -0.15) is 8.42 Å². The Balaban J connectivity index is 1.64. The van der Waals surface area contributed by atoms with Gasteiger partial charge in [0.15, 0.2) is 0 Å². The van der Waals surface area contributed by atoms with E-state index in [1.807, 2.05) is 30.5 Å². The number of carbonyl (C=O) groups excluding carboxylic acids is 1. The summed E-state index contributed by atoms with van der Waals surface area (Å²) in [6.07, 6.45) is 2.67. The highest BCUT2D eigenvalue weighted by Gasteiger charge is 2.32. The van der Waals surface area contributed by atoms with E-state index < -0.39 is 21.9 Å². The van der Waals surface area contributed by atoms with Gasteiger partial charge in [0.1, 0.15) is 0 Å². The summed E-state index contributed by atoms with van der Waals surface area (Å²) in [5, 5.41) is 1.12. The van der Waals surface area contributed by atoms with Crippen molar-refractivity contribution < 1.29 is 17.1 Å². The minimum absolute atomic E-state index is 0.102. The summed E-state index contributed by atoms with van der Waals surface area (Å²) in [6.45, 7) is 0.830. The van der Waals surface area contributed by atoms with Crippen molar-refractivity contribution in [3.63, 3.8) is 0 Å². The lowest BCUT2D eigenvalue weighted by atomic mass is 10.1. The van der Waals surface area contributed by atoms with E-state index in [0.717, 1.165) is 16.5 Å². The number of benzene rings is 1. The second kappa shape index (κ2) is 5.72. The molecule has 0 bridgehead atoms. The van der Waals surface area contributed by atoms with Crippen molar-refractivity contribution in [1.82, 2.24) is 9.88 Å². The molecule has 1 aliphatic rings. The number of aromatic amines is 1.